The van der Waals surface area contributed by atoms with Gasteiger partial charge in [-0.2, -0.15) is 5.10 Å². The van der Waals surface area contributed by atoms with Crippen molar-refractivity contribution in [2.75, 3.05) is 0 Å². The first-order valence-electron chi connectivity index (χ1n) is 6.16. The van der Waals surface area contributed by atoms with E-state index >= 15 is 0 Å². The molecule has 1 aromatic heterocycles. The van der Waals surface area contributed by atoms with Crippen molar-refractivity contribution in [1.29, 1.82) is 0 Å². The van der Waals surface area contributed by atoms with Crippen LogP contribution in [0.2, 0.25) is 0 Å². The average molecular weight is 295 g/mol. The van der Waals surface area contributed by atoms with Crippen molar-refractivity contribution < 1.29 is 13.5 Å². The van der Waals surface area contributed by atoms with Crippen molar-refractivity contribution in [3.05, 3.63) is 47.3 Å². The number of aromatic nitrogens is 2. The number of nitrogens with zero attached hydrogens (tertiary/aromatic N) is 1. The van der Waals surface area contributed by atoms with E-state index in [4.69, 9.17) is 0 Å². The molecule has 0 spiro atoms. The number of aromatic amines is 1. The molecule has 108 valence electrons. The molecule has 1 aromatic carbocycles. The zero-order valence-corrected chi connectivity index (χ0v) is 12.1. The standard InChI is InChI=1S/C13H17N3O3S/c1-9-12(7-14-16-9)8-15-20(18,19)13-5-3-4-11(6-13)10(2)17/h3-7,10,15,17H,8H2,1-2H3,(H,14,16). The molecule has 1 heterocycles. The highest BCUT2D eigenvalue weighted by atomic mass is 32.2. The number of sulfonamides is 1. The molecule has 20 heavy (non-hydrogen) atoms. The van der Waals surface area contributed by atoms with Gasteiger partial charge in [0.05, 0.1) is 17.2 Å². The summed E-state index contributed by atoms with van der Waals surface area (Å²) in [6.07, 6.45) is 0.880. The maximum absolute atomic E-state index is 12.2. The Morgan fingerprint density at radius 3 is 2.80 bits per heavy atom. The SMILES string of the molecule is Cc1[nH]ncc1CNS(=O)(=O)c1cccc(C(C)O)c1. The van der Waals surface area contributed by atoms with Crippen molar-refractivity contribution >= 4 is 10.0 Å². The van der Waals surface area contributed by atoms with Crippen LogP contribution in [0.1, 0.15) is 29.8 Å². The predicted octanol–water partition coefficient (Wildman–Crippen LogP) is 1.25. The minimum Gasteiger partial charge on any atom is -0.389 e. The molecule has 0 aliphatic heterocycles. The molecule has 2 rings (SSSR count). The monoisotopic (exact) mass is 295 g/mol. The summed E-state index contributed by atoms with van der Waals surface area (Å²) < 4.78 is 26.9. The second kappa shape index (κ2) is 5.74. The van der Waals surface area contributed by atoms with E-state index in [1.165, 1.54) is 12.1 Å². The van der Waals surface area contributed by atoms with Gasteiger partial charge in [0.1, 0.15) is 0 Å². The summed E-state index contributed by atoms with van der Waals surface area (Å²) in [6, 6.07) is 6.26. The molecule has 1 atom stereocenters. The summed E-state index contributed by atoms with van der Waals surface area (Å²) in [5.41, 5.74) is 2.18. The van der Waals surface area contributed by atoms with Crippen LogP contribution in [0.4, 0.5) is 0 Å². The van der Waals surface area contributed by atoms with Crippen LogP contribution in [-0.2, 0) is 16.6 Å². The summed E-state index contributed by atoms with van der Waals surface area (Å²) >= 11 is 0. The lowest BCUT2D eigenvalue weighted by Gasteiger charge is -2.09. The van der Waals surface area contributed by atoms with Crippen LogP contribution in [0, 0.1) is 6.92 Å². The highest BCUT2D eigenvalue weighted by molar-refractivity contribution is 7.89. The Balaban J connectivity index is 2.18. The van der Waals surface area contributed by atoms with Gasteiger partial charge in [0.2, 0.25) is 10.0 Å². The summed E-state index contributed by atoms with van der Waals surface area (Å²) in [6.45, 7) is 3.59. The normalized spacial score (nSPS) is 13.3. The van der Waals surface area contributed by atoms with Crippen LogP contribution >= 0.6 is 0 Å². The van der Waals surface area contributed by atoms with Gasteiger partial charge >= 0.3 is 0 Å². The fourth-order valence-corrected chi connectivity index (χ4v) is 2.81. The zero-order chi connectivity index (χ0) is 14.8. The summed E-state index contributed by atoms with van der Waals surface area (Å²) in [7, 11) is -3.61. The maximum atomic E-state index is 12.2. The first kappa shape index (κ1) is 14.7. The fraction of sp³-hybridized carbons (Fsp3) is 0.308. The zero-order valence-electron chi connectivity index (χ0n) is 11.3. The molecule has 0 saturated carbocycles. The van der Waals surface area contributed by atoms with Crippen LogP contribution in [0.3, 0.4) is 0 Å². The Kier molecular flexibility index (Phi) is 4.22. The molecular formula is C13H17N3O3S. The number of aliphatic hydroxyl groups excluding tert-OH is 1. The maximum Gasteiger partial charge on any atom is 0.240 e. The van der Waals surface area contributed by atoms with E-state index < -0.39 is 16.1 Å². The van der Waals surface area contributed by atoms with E-state index in [0.717, 1.165) is 11.3 Å². The lowest BCUT2D eigenvalue weighted by molar-refractivity contribution is 0.199. The molecule has 0 fully saturated rings. The van der Waals surface area contributed by atoms with Gasteiger partial charge in [0.15, 0.2) is 0 Å². The van der Waals surface area contributed by atoms with Gasteiger partial charge in [0.25, 0.3) is 0 Å². The topological polar surface area (TPSA) is 95.1 Å². The smallest absolute Gasteiger partial charge is 0.240 e. The Bertz CT molecular complexity index is 692. The number of hydrogen-bond donors (Lipinski definition) is 3. The van der Waals surface area contributed by atoms with Crippen LogP contribution in [0.15, 0.2) is 35.4 Å². The molecule has 0 aliphatic carbocycles. The van der Waals surface area contributed by atoms with E-state index in [2.05, 4.69) is 14.9 Å². The second-order valence-electron chi connectivity index (χ2n) is 4.59. The average Bonchev–Trinajstić information content (AvgIpc) is 2.82. The number of hydrogen-bond acceptors (Lipinski definition) is 4. The lowest BCUT2D eigenvalue weighted by Crippen LogP contribution is -2.23. The summed E-state index contributed by atoms with van der Waals surface area (Å²) in [5.74, 6) is 0. The molecule has 3 N–H and O–H groups in total. The molecule has 0 bridgehead atoms. The second-order valence-corrected chi connectivity index (χ2v) is 6.36. The van der Waals surface area contributed by atoms with Crippen molar-refractivity contribution in [1.82, 2.24) is 14.9 Å². The highest BCUT2D eigenvalue weighted by Crippen LogP contribution is 2.17. The lowest BCUT2D eigenvalue weighted by atomic mass is 10.1. The van der Waals surface area contributed by atoms with Crippen molar-refractivity contribution in [3.8, 4) is 0 Å². The van der Waals surface area contributed by atoms with Gasteiger partial charge in [0, 0.05) is 17.8 Å². The van der Waals surface area contributed by atoms with Gasteiger partial charge < -0.3 is 5.11 Å². The fourth-order valence-electron chi connectivity index (χ4n) is 1.75. The highest BCUT2D eigenvalue weighted by Gasteiger charge is 2.15. The third-order valence-corrected chi connectivity index (χ3v) is 4.44. The Morgan fingerprint density at radius 2 is 2.20 bits per heavy atom. The molecule has 6 nitrogen and oxygen atoms in total. The van der Waals surface area contributed by atoms with Crippen LogP contribution in [0.5, 0.6) is 0 Å². The minimum absolute atomic E-state index is 0.136. The minimum atomic E-state index is -3.61. The third-order valence-electron chi connectivity index (χ3n) is 3.04. The quantitative estimate of drug-likeness (QED) is 0.773. The first-order chi connectivity index (χ1) is 9.40. The molecule has 0 amide bonds. The molecule has 0 radical (unpaired) electrons. The first-order valence-corrected chi connectivity index (χ1v) is 7.65. The van der Waals surface area contributed by atoms with E-state index in [1.54, 1.807) is 25.3 Å². The van der Waals surface area contributed by atoms with Crippen LogP contribution in [-0.4, -0.2) is 23.7 Å². The molecule has 0 saturated heterocycles. The molecular weight excluding hydrogens is 278 g/mol. The summed E-state index contributed by atoms with van der Waals surface area (Å²) in [5, 5.41) is 16.1. The Morgan fingerprint density at radius 1 is 1.45 bits per heavy atom. The van der Waals surface area contributed by atoms with E-state index in [9.17, 15) is 13.5 Å². The number of nitrogens with one attached hydrogen (secondary N) is 2. The van der Waals surface area contributed by atoms with Gasteiger partial charge in [-0.3, -0.25) is 5.10 Å². The molecule has 0 aliphatic rings. The third kappa shape index (κ3) is 3.24. The van der Waals surface area contributed by atoms with Crippen molar-refractivity contribution in [3.63, 3.8) is 0 Å². The number of rotatable bonds is 5. The molecule has 7 heteroatoms. The van der Waals surface area contributed by atoms with Crippen LogP contribution in [0.25, 0.3) is 0 Å². The van der Waals surface area contributed by atoms with Gasteiger partial charge in [-0.1, -0.05) is 12.1 Å². The van der Waals surface area contributed by atoms with E-state index in [-0.39, 0.29) is 11.4 Å². The molecule has 2 aromatic rings. The van der Waals surface area contributed by atoms with Gasteiger partial charge in [-0.15, -0.1) is 0 Å². The summed E-state index contributed by atoms with van der Waals surface area (Å²) in [4.78, 5) is 0.136. The van der Waals surface area contributed by atoms with Gasteiger partial charge in [-0.25, -0.2) is 13.1 Å². The van der Waals surface area contributed by atoms with E-state index in [0.29, 0.717) is 5.56 Å². The largest absolute Gasteiger partial charge is 0.389 e. The number of aliphatic hydroxyl groups is 1. The molecule has 1 unspecified atom stereocenters. The number of aryl methyl sites for hydroxylation is 1. The van der Waals surface area contributed by atoms with Crippen molar-refractivity contribution in [2.45, 2.75) is 31.4 Å². The van der Waals surface area contributed by atoms with E-state index in [1.807, 2.05) is 6.92 Å². The predicted molar refractivity (Wildman–Crippen MR) is 74.4 cm³/mol. The number of H-pyrrole nitrogens is 1. The Labute approximate surface area is 117 Å². The van der Waals surface area contributed by atoms with Crippen LogP contribution < -0.4 is 4.72 Å². The number of benzene rings is 1. The Hall–Kier alpha value is -1.70. The van der Waals surface area contributed by atoms with Crippen molar-refractivity contribution in [2.24, 2.45) is 0 Å². The van der Waals surface area contributed by atoms with Gasteiger partial charge in [-0.05, 0) is 31.5 Å².